The number of halogens is 2. The second-order valence-electron chi connectivity index (χ2n) is 4.75. The van der Waals surface area contributed by atoms with E-state index in [0.717, 1.165) is 18.9 Å². The summed E-state index contributed by atoms with van der Waals surface area (Å²) in [4.78, 5) is 12.2. The number of hydrogen-bond acceptors (Lipinski definition) is 2. The molecule has 0 amide bonds. The first-order chi connectivity index (χ1) is 7.96. The second kappa shape index (κ2) is 4.18. The molecule has 2 rings (SSSR count). The summed E-state index contributed by atoms with van der Waals surface area (Å²) in [6, 6.07) is 2.43. The predicted molar refractivity (Wildman–Crippen MR) is 60.8 cm³/mol. The van der Waals surface area contributed by atoms with Gasteiger partial charge < -0.3 is 5.73 Å². The standard InChI is InChI=1S/C13H15F2NO/c1-8-4-5-9(14)10(11(8)15)12(17)13(16)6-2-3-7-13/h4-5H,2-3,6-7,16H2,1H3. The number of hydrogen-bond donors (Lipinski definition) is 1. The predicted octanol–water partition coefficient (Wildman–Crippen LogP) is 2.73. The molecule has 1 aliphatic rings. The van der Waals surface area contributed by atoms with E-state index in [0.29, 0.717) is 12.8 Å². The van der Waals surface area contributed by atoms with Gasteiger partial charge in [-0.15, -0.1) is 0 Å². The van der Waals surface area contributed by atoms with Crippen molar-refractivity contribution in [3.05, 3.63) is 34.9 Å². The van der Waals surface area contributed by atoms with Gasteiger partial charge >= 0.3 is 0 Å². The summed E-state index contributed by atoms with van der Waals surface area (Å²) >= 11 is 0. The van der Waals surface area contributed by atoms with E-state index < -0.39 is 28.5 Å². The Hall–Kier alpha value is -1.29. The van der Waals surface area contributed by atoms with Crippen molar-refractivity contribution in [3.8, 4) is 0 Å². The fourth-order valence-corrected chi connectivity index (χ4v) is 2.35. The van der Waals surface area contributed by atoms with E-state index in [-0.39, 0.29) is 5.56 Å². The van der Waals surface area contributed by atoms with Crippen molar-refractivity contribution in [1.82, 2.24) is 0 Å². The van der Waals surface area contributed by atoms with Crippen molar-refractivity contribution in [3.63, 3.8) is 0 Å². The van der Waals surface area contributed by atoms with E-state index in [2.05, 4.69) is 0 Å². The highest BCUT2D eigenvalue weighted by Crippen LogP contribution is 2.32. The Kier molecular flexibility index (Phi) is 3.00. The number of benzene rings is 1. The fraction of sp³-hybridized carbons (Fsp3) is 0.462. The van der Waals surface area contributed by atoms with Crippen molar-refractivity contribution >= 4 is 5.78 Å². The monoisotopic (exact) mass is 239 g/mol. The summed E-state index contributed by atoms with van der Waals surface area (Å²) in [5, 5.41) is 0. The van der Waals surface area contributed by atoms with Crippen LogP contribution in [0, 0.1) is 18.6 Å². The molecule has 0 radical (unpaired) electrons. The molecule has 1 fully saturated rings. The molecule has 4 heteroatoms. The Morgan fingerprint density at radius 1 is 1.29 bits per heavy atom. The summed E-state index contributed by atoms with van der Waals surface area (Å²) < 4.78 is 27.4. The van der Waals surface area contributed by atoms with Crippen LogP contribution in [0.5, 0.6) is 0 Å². The van der Waals surface area contributed by atoms with Gasteiger partial charge in [0.15, 0.2) is 5.78 Å². The van der Waals surface area contributed by atoms with Crippen LogP contribution in [-0.2, 0) is 0 Å². The zero-order chi connectivity index (χ0) is 12.6. The smallest absolute Gasteiger partial charge is 0.188 e. The molecule has 1 aromatic rings. The number of ketones is 1. The minimum atomic E-state index is -1.09. The average Bonchev–Trinajstić information content (AvgIpc) is 2.72. The molecule has 0 atom stereocenters. The molecule has 1 saturated carbocycles. The Morgan fingerprint density at radius 3 is 2.47 bits per heavy atom. The van der Waals surface area contributed by atoms with E-state index in [1.165, 1.54) is 13.0 Å². The molecular weight excluding hydrogens is 224 g/mol. The van der Waals surface area contributed by atoms with Crippen LogP contribution in [0.4, 0.5) is 8.78 Å². The molecule has 0 aromatic heterocycles. The maximum Gasteiger partial charge on any atom is 0.188 e. The molecule has 0 bridgehead atoms. The lowest BCUT2D eigenvalue weighted by Gasteiger charge is -2.22. The SMILES string of the molecule is Cc1ccc(F)c(C(=O)C2(N)CCCC2)c1F. The van der Waals surface area contributed by atoms with Crippen LogP contribution in [0.2, 0.25) is 0 Å². The summed E-state index contributed by atoms with van der Waals surface area (Å²) in [6.07, 6.45) is 2.66. The zero-order valence-corrected chi connectivity index (χ0v) is 9.72. The number of Topliss-reactive ketones (excluding diaryl/α,β-unsaturated/α-hetero) is 1. The molecule has 0 heterocycles. The molecule has 1 aliphatic carbocycles. The van der Waals surface area contributed by atoms with Crippen LogP contribution >= 0.6 is 0 Å². The van der Waals surface area contributed by atoms with Crippen molar-refractivity contribution in [1.29, 1.82) is 0 Å². The number of carbonyl (C=O) groups excluding carboxylic acids is 1. The lowest BCUT2D eigenvalue weighted by molar-refractivity contribution is 0.0883. The number of rotatable bonds is 2. The maximum absolute atomic E-state index is 13.8. The highest BCUT2D eigenvalue weighted by Gasteiger charge is 2.40. The lowest BCUT2D eigenvalue weighted by atomic mass is 9.87. The van der Waals surface area contributed by atoms with Gasteiger partial charge in [-0.1, -0.05) is 18.9 Å². The van der Waals surface area contributed by atoms with Crippen molar-refractivity contribution in [2.75, 3.05) is 0 Å². The van der Waals surface area contributed by atoms with Crippen LogP contribution in [-0.4, -0.2) is 11.3 Å². The summed E-state index contributed by atoms with van der Waals surface area (Å²) in [6.45, 7) is 1.50. The molecule has 2 nitrogen and oxygen atoms in total. The molecule has 1 aromatic carbocycles. The third kappa shape index (κ3) is 1.97. The molecule has 2 N–H and O–H groups in total. The van der Waals surface area contributed by atoms with Crippen molar-refractivity contribution in [2.45, 2.75) is 38.1 Å². The van der Waals surface area contributed by atoms with Crippen LogP contribution in [0.3, 0.4) is 0 Å². The van der Waals surface area contributed by atoms with Gasteiger partial charge in [-0.25, -0.2) is 8.78 Å². The van der Waals surface area contributed by atoms with Gasteiger partial charge in [-0.2, -0.15) is 0 Å². The van der Waals surface area contributed by atoms with Gasteiger partial charge in [-0.3, -0.25) is 4.79 Å². The summed E-state index contributed by atoms with van der Waals surface area (Å²) in [5.41, 5.74) is 4.63. The van der Waals surface area contributed by atoms with E-state index in [1.54, 1.807) is 0 Å². The Labute approximate surface area is 98.8 Å². The molecule has 0 unspecified atom stereocenters. The van der Waals surface area contributed by atoms with Crippen LogP contribution in [0.25, 0.3) is 0 Å². The van der Waals surface area contributed by atoms with E-state index in [4.69, 9.17) is 5.73 Å². The topological polar surface area (TPSA) is 43.1 Å². The number of aryl methyl sites for hydroxylation is 1. The van der Waals surface area contributed by atoms with E-state index in [1.807, 2.05) is 0 Å². The Morgan fingerprint density at radius 2 is 1.88 bits per heavy atom. The van der Waals surface area contributed by atoms with E-state index in [9.17, 15) is 13.6 Å². The maximum atomic E-state index is 13.8. The van der Waals surface area contributed by atoms with Gasteiger partial charge in [0.2, 0.25) is 0 Å². The highest BCUT2D eigenvalue weighted by molar-refractivity contribution is 6.03. The minimum absolute atomic E-state index is 0.261. The van der Waals surface area contributed by atoms with Crippen LogP contribution in [0.1, 0.15) is 41.6 Å². The summed E-state index contributed by atoms with van der Waals surface area (Å²) in [5.74, 6) is -2.21. The Bertz CT molecular complexity index is 465. The normalized spacial score (nSPS) is 18.4. The average molecular weight is 239 g/mol. The molecular formula is C13H15F2NO. The highest BCUT2D eigenvalue weighted by atomic mass is 19.1. The quantitative estimate of drug-likeness (QED) is 0.806. The molecule has 17 heavy (non-hydrogen) atoms. The fourth-order valence-electron chi connectivity index (χ4n) is 2.35. The second-order valence-corrected chi connectivity index (χ2v) is 4.75. The molecule has 0 aliphatic heterocycles. The lowest BCUT2D eigenvalue weighted by Crippen LogP contribution is -2.46. The van der Waals surface area contributed by atoms with Gasteiger partial charge in [0.25, 0.3) is 0 Å². The third-order valence-corrected chi connectivity index (χ3v) is 3.46. The zero-order valence-electron chi connectivity index (χ0n) is 9.72. The van der Waals surface area contributed by atoms with Crippen molar-refractivity contribution < 1.29 is 13.6 Å². The minimum Gasteiger partial charge on any atom is -0.319 e. The summed E-state index contributed by atoms with van der Waals surface area (Å²) in [7, 11) is 0. The molecule has 0 spiro atoms. The first kappa shape index (κ1) is 12.2. The van der Waals surface area contributed by atoms with Crippen molar-refractivity contribution in [2.24, 2.45) is 5.73 Å². The van der Waals surface area contributed by atoms with Gasteiger partial charge in [0.05, 0.1) is 11.1 Å². The largest absolute Gasteiger partial charge is 0.319 e. The van der Waals surface area contributed by atoms with Gasteiger partial charge in [-0.05, 0) is 31.4 Å². The van der Waals surface area contributed by atoms with Gasteiger partial charge in [0.1, 0.15) is 11.6 Å². The number of nitrogens with two attached hydrogens (primary N) is 1. The first-order valence-corrected chi connectivity index (χ1v) is 5.74. The first-order valence-electron chi connectivity index (χ1n) is 5.74. The van der Waals surface area contributed by atoms with Gasteiger partial charge in [0, 0.05) is 0 Å². The number of carbonyl (C=O) groups is 1. The third-order valence-electron chi connectivity index (χ3n) is 3.46. The Balaban J connectivity index is 2.47. The molecule has 0 saturated heterocycles. The van der Waals surface area contributed by atoms with Crippen LogP contribution in [0.15, 0.2) is 12.1 Å². The van der Waals surface area contributed by atoms with E-state index >= 15 is 0 Å². The molecule has 92 valence electrons. The van der Waals surface area contributed by atoms with Crippen LogP contribution < -0.4 is 5.73 Å².